The predicted molar refractivity (Wildman–Crippen MR) is 108 cm³/mol. The van der Waals surface area contributed by atoms with E-state index in [1.807, 2.05) is 12.1 Å². The van der Waals surface area contributed by atoms with E-state index in [9.17, 15) is 0 Å². The molecule has 0 saturated carbocycles. The van der Waals surface area contributed by atoms with Crippen LogP contribution < -0.4 is 5.32 Å². The van der Waals surface area contributed by atoms with Crippen molar-refractivity contribution < 1.29 is 0 Å². The fourth-order valence-corrected chi connectivity index (χ4v) is 4.47. The fraction of sp³-hybridized carbons (Fsp3) is 0.100. The highest BCUT2D eigenvalue weighted by Crippen LogP contribution is 2.32. The maximum Gasteiger partial charge on any atom is 0.210 e. The van der Waals surface area contributed by atoms with Gasteiger partial charge in [0.2, 0.25) is 5.13 Å². The summed E-state index contributed by atoms with van der Waals surface area (Å²) in [6.07, 6.45) is 0. The smallest absolute Gasteiger partial charge is 0.210 e. The number of hydrogen-bond donors (Lipinski definition) is 1. The Morgan fingerprint density at radius 3 is 2.64 bits per heavy atom. The van der Waals surface area contributed by atoms with Gasteiger partial charge in [0.05, 0.1) is 0 Å². The molecule has 0 aliphatic carbocycles. The van der Waals surface area contributed by atoms with Gasteiger partial charge in [0, 0.05) is 11.4 Å². The monoisotopic (exact) mass is 363 g/mol. The van der Waals surface area contributed by atoms with Gasteiger partial charge >= 0.3 is 0 Å². The number of thioether (sulfide) groups is 1. The Hall–Kier alpha value is -2.37. The van der Waals surface area contributed by atoms with Gasteiger partial charge in [0.1, 0.15) is 0 Å². The Kier molecular flexibility index (Phi) is 4.68. The molecule has 0 fully saturated rings. The minimum atomic E-state index is 0.828. The summed E-state index contributed by atoms with van der Waals surface area (Å²) in [5.74, 6) is 0.889. The average Bonchev–Trinajstić information content (AvgIpc) is 3.09. The number of aromatic nitrogens is 2. The van der Waals surface area contributed by atoms with E-state index in [0.717, 1.165) is 20.9 Å². The first-order valence-corrected chi connectivity index (χ1v) is 9.85. The van der Waals surface area contributed by atoms with E-state index in [1.54, 1.807) is 23.1 Å². The number of nitrogens with one attached hydrogen (secondary N) is 1. The molecular formula is C20H17N3S2. The zero-order chi connectivity index (χ0) is 17.1. The summed E-state index contributed by atoms with van der Waals surface area (Å²) in [6, 6.07) is 23.1. The second-order valence-corrected chi connectivity index (χ2v) is 7.94. The van der Waals surface area contributed by atoms with Crippen LogP contribution in [0.15, 0.2) is 71.1 Å². The lowest BCUT2D eigenvalue weighted by atomic mass is 10.1. The van der Waals surface area contributed by atoms with Gasteiger partial charge in [-0.25, -0.2) is 0 Å². The van der Waals surface area contributed by atoms with Crippen LogP contribution >= 0.6 is 23.1 Å². The quantitative estimate of drug-likeness (QED) is 0.439. The zero-order valence-electron chi connectivity index (χ0n) is 13.8. The second kappa shape index (κ2) is 7.25. The van der Waals surface area contributed by atoms with E-state index in [0.29, 0.717) is 0 Å². The summed E-state index contributed by atoms with van der Waals surface area (Å²) in [4.78, 5) is 0. The summed E-state index contributed by atoms with van der Waals surface area (Å²) in [6.45, 7) is 2.08. The van der Waals surface area contributed by atoms with Crippen molar-refractivity contribution in [2.75, 3.05) is 5.32 Å². The Morgan fingerprint density at radius 2 is 1.72 bits per heavy atom. The van der Waals surface area contributed by atoms with Gasteiger partial charge in [0.25, 0.3) is 0 Å². The van der Waals surface area contributed by atoms with Crippen molar-refractivity contribution >= 4 is 44.7 Å². The molecule has 124 valence electrons. The maximum absolute atomic E-state index is 4.31. The lowest BCUT2D eigenvalue weighted by Crippen LogP contribution is -1.91. The molecule has 25 heavy (non-hydrogen) atoms. The van der Waals surface area contributed by atoms with Gasteiger partial charge < -0.3 is 5.32 Å². The molecule has 0 spiro atoms. The lowest BCUT2D eigenvalue weighted by Gasteiger charge is -2.05. The van der Waals surface area contributed by atoms with Crippen molar-refractivity contribution in [3.8, 4) is 0 Å². The van der Waals surface area contributed by atoms with Crippen LogP contribution in [-0.2, 0) is 5.75 Å². The topological polar surface area (TPSA) is 37.8 Å². The Labute approximate surface area is 155 Å². The summed E-state index contributed by atoms with van der Waals surface area (Å²) in [5, 5.41) is 15.3. The minimum absolute atomic E-state index is 0.828. The molecule has 0 atom stereocenters. The van der Waals surface area contributed by atoms with Crippen LogP contribution in [0.25, 0.3) is 10.8 Å². The van der Waals surface area contributed by atoms with E-state index in [-0.39, 0.29) is 0 Å². The highest BCUT2D eigenvalue weighted by molar-refractivity contribution is 8.00. The molecule has 0 unspecified atom stereocenters. The molecule has 4 rings (SSSR count). The van der Waals surface area contributed by atoms with Crippen molar-refractivity contribution in [3.05, 3.63) is 77.9 Å². The van der Waals surface area contributed by atoms with Crippen LogP contribution in [0, 0.1) is 6.92 Å². The first kappa shape index (κ1) is 16.1. The van der Waals surface area contributed by atoms with E-state index in [1.165, 1.54) is 21.9 Å². The Balaban J connectivity index is 1.47. The molecule has 0 saturated heterocycles. The summed E-state index contributed by atoms with van der Waals surface area (Å²) >= 11 is 3.32. The Bertz CT molecular complexity index is 1010. The normalized spacial score (nSPS) is 10.9. The molecule has 5 heteroatoms. The second-order valence-electron chi connectivity index (χ2n) is 5.74. The van der Waals surface area contributed by atoms with Crippen molar-refractivity contribution in [1.82, 2.24) is 10.2 Å². The van der Waals surface area contributed by atoms with E-state index >= 15 is 0 Å². The van der Waals surface area contributed by atoms with Gasteiger partial charge in [-0.2, -0.15) is 0 Å². The highest BCUT2D eigenvalue weighted by Gasteiger charge is 2.08. The summed E-state index contributed by atoms with van der Waals surface area (Å²) in [5.41, 5.74) is 3.60. The molecule has 0 aliphatic rings. The molecule has 1 heterocycles. The number of fused-ring (bicyclic) bond motifs is 1. The third kappa shape index (κ3) is 3.67. The number of rotatable bonds is 5. The number of hydrogen-bond acceptors (Lipinski definition) is 5. The summed E-state index contributed by atoms with van der Waals surface area (Å²) in [7, 11) is 0. The molecule has 1 N–H and O–H groups in total. The van der Waals surface area contributed by atoms with Crippen LogP contribution in [0.1, 0.15) is 11.1 Å². The molecular weight excluding hydrogens is 346 g/mol. The van der Waals surface area contributed by atoms with Crippen LogP contribution in [0.4, 0.5) is 10.8 Å². The van der Waals surface area contributed by atoms with Crippen molar-refractivity contribution in [2.45, 2.75) is 17.0 Å². The lowest BCUT2D eigenvalue weighted by molar-refractivity contribution is 1.01. The van der Waals surface area contributed by atoms with Crippen LogP contribution in [-0.4, -0.2) is 10.2 Å². The van der Waals surface area contributed by atoms with Crippen molar-refractivity contribution in [2.24, 2.45) is 0 Å². The third-order valence-electron chi connectivity index (χ3n) is 4.02. The van der Waals surface area contributed by atoms with Crippen molar-refractivity contribution in [3.63, 3.8) is 0 Å². The molecule has 4 aromatic rings. The van der Waals surface area contributed by atoms with Gasteiger partial charge in [-0.3, -0.25) is 0 Å². The Morgan fingerprint density at radius 1 is 0.920 bits per heavy atom. The van der Waals surface area contributed by atoms with Gasteiger partial charge in [-0.1, -0.05) is 83.8 Å². The van der Waals surface area contributed by atoms with Crippen molar-refractivity contribution in [1.29, 1.82) is 0 Å². The summed E-state index contributed by atoms with van der Waals surface area (Å²) < 4.78 is 0.976. The molecule has 0 amide bonds. The number of aryl methyl sites for hydroxylation is 1. The molecule has 0 aliphatic heterocycles. The van der Waals surface area contributed by atoms with Crippen LogP contribution in [0.3, 0.4) is 0 Å². The fourth-order valence-electron chi connectivity index (χ4n) is 2.70. The zero-order valence-corrected chi connectivity index (χ0v) is 15.4. The first-order valence-electron chi connectivity index (χ1n) is 8.05. The van der Waals surface area contributed by atoms with Gasteiger partial charge in [-0.15, -0.1) is 10.2 Å². The largest absolute Gasteiger partial charge is 0.330 e. The average molecular weight is 364 g/mol. The number of nitrogens with zero attached hydrogens (tertiary/aromatic N) is 2. The standard InChI is InChI=1S/C20H17N3S2/c1-14-7-2-5-12-18(14)21-19-22-23-20(25-19)24-13-16-10-6-9-15-8-3-4-11-17(15)16/h2-12H,13H2,1H3,(H,21,22). The molecule has 0 bridgehead atoms. The molecule has 1 aromatic heterocycles. The minimum Gasteiger partial charge on any atom is -0.330 e. The van der Waals surface area contributed by atoms with Gasteiger partial charge in [0.15, 0.2) is 4.34 Å². The van der Waals surface area contributed by atoms with Crippen LogP contribution in [0.5, 0.6) is 0 Å². The van der Waals surface area contributed by atoms with E-state index in [2.05, 4.69) is 77.0 Å². The third-order valence-corrected chi connectivity index (χ3v) is 6.05. The molecule has 3 nitrogen and oxygen atoms in total. The first-order chi connectivity index (χ1) is 12.3. The predicted octanol–water partition coefficient (Wildman–Crippen LogP) is 6.04. The molecule has 0 radical (unpaired) electrons. The van der Waals surface area contributed by atoms with Crippen LogP contribution in [0.2, 0.25) is 0 Å². The maximum atomic E-state index is 4.31. The highest BCUT2D eigenvalue weighted by atomic mass is 32.2. The van der Waals surface area contributed by atoms with E-state index in [4.69, 9.17) is 0 Å². The number of para-hydroxylation sites is 1. The van der Waals surface area contributed by atoms with E-state index < -0.39 is 0 Å². The number of benzene rings is 3. The number of anilines is 2. The van der Waals surface area contributed by atoms with Gasteiger partial charge in [-0.05, 0) is 34.9 Å². The SMILES string of the molecule is Cc1ccccc1Nc1nnc(SCc2cccc3ccccc23)s1. The molecule has 3 aromatic carbocycles.